The SMILES string of the molecule is CC(C)CC(=O)NNC(=O)C1CC(=O)Nc2cc(F)ccc21. The highest BCUT2D eigenvalue weighted by atomic mass is 19.1. The highest BCUT2D eigenvalue weighted by Gasteiger charge is 2.31. The molecular weight excluding hydrogens is 289 g/mol. The van der Waals surface area contributed by atoms with Crippen molar-refractivity contribution in [3.63, 3.8) is 0 Å². The number of hydrazine groups is 1. The Morgan fingerprint density at radius 3 is 2.77 bits per heavy atom. The van der Waals surface area contributed by atoms with Crippen molar-refractivity contribution >= 4 is 23.4 Å². The number of amides is 3. The topological polar surface area (TPSA) is 87.3 Å². The van der Waals surface area contributed by atoms with Crippen molar-refractivity contribution < 1.29 is 18.8 Å². The number of carbonyl (C=O) groups is 3. The fraction of sp³-hybridized carbons (Fsp3) is 0.400. The second kappa shape index (κ2) is 6.55. The summed E-state index contributed by atoms with van der Waals surface area (Å²) < 4.78 is 13.2. The summed E-state index contributed by atoms with van der Waals surface area (Å²) in [5.41, 5.74) is 5.45. The van der Waals surface area contributed by atoms with E-state index in [2.05, 4.69) is 16.2 Å². The fourth-order valence-electron chi connectivity index (χ4n) is 2.31. The van der Waals surface area contributed by atoms with Gasteiger partial charge in [-0.2, -0.15) is 0 Å². The first-order valence-corrected chi connectivity index (χ1v) is 7.05. The third kappa shape index (κ3) is 3.81. The molecule has 1 aliphatic rings. The van der Waals surface area contributed by atoms with Crippen LogP contribution in [0.2, 0.25) is 0 Å². The number of hydrogen-bond acceptors (Lipinski definition) is 3. The molecule has 1 heterocycles. The summed E-state index contributed by atoms with van der Waals surface area (Å²) in [4.78, 5) is 35.4. The molecule has 6 nitrogen and oxygen atoms in total. The molecular formula is C15H18FN3O3. The summed E-state index contributed by atoms with van der Waals surface area (Å²) in [7, 11) is 0. The first-order valence-electron chi connectivity index (χ1n) is 7.05. The van der Waals surface area contributed by atoms with Crippen LogP contribution in [0, 0.1) is 11.7 Å². The maximum atomic E-state index is 13.2. The van der Waals surface area contributed by atoms with Crippen LogP contribution >= 0.6 is 0 Å². The van der Waals surface area contributed by atoms with Crippen molar-refractivity contribution in [3.05, 3.63) is 29.6 Å². The van der Waals surface area contributed by atoms with Gasteiger partial charge >= 0.3 is 0 Å². The highest BCUT2D eigenvalue weighted by Crippen LogP contribution is 2.32. The van der Waals surface area contributed by atoms with E-state index in [1.807, 2.05) is 13.8 Å². The van der Waals surface area contributed by atoms with Gasteiger partial charge in [-0.25, -0.2) is 4.39 Å². The summed E-state index contributed by atoms with van der Waals surface area (Å²) in [6, 6.07) is 3.86. The fourth-order valence-corrected chi connectivity index (χ4v) is 2.31. The quantitative estimate of drug-likeness (QED) is 0.739. The molecule has 1 aromatic rings. The molecule has 3 N–H and O–H groups in total. The minimum absolute atomic E-state index is 0.0511. The highest BCUT2D eigenvalue weighted by molar-refractivity contribution is 6.01. The monoisotopic (exact) mass is 307 g/mol. The summed E-state index contributed by atoms with van der Waals surface area (Å²) in [6.07, 6.45) is 0.234. The third-order valence-electron chi connectivity index (χ3n) is 3.29. The Kier molecular flexibility index (Phi) is 4.75. The van der Waals surface area contributed by atoms with Gasteiger partial charge in [0.25, 0.3) is 0 Å². The van der Waals surface area contributed by atoms with Crippen LogP contribution in [0.4, 0.5) is 10.1 Å². The van der Waals surface area contributed by atoms with Gasteiger partial charge in [-0.1, -0.05) is 19.9 Å². The average molecular weight is 307 g/mol. The molecule has 1 unspecified atom stereocenters. The first kappa shape index (κ1) is 15.9. The van der Waals surface area contributed by atoms with Gasteiger partial charge in [0, 0.05) is 18.5 Å². The predicted octanol–water partition coefficient (Wildman–Crippen LogP) is 1.44. The maximum absolute atomic E-state index is 13.2. The van der Waals surface area contributed by atoms with Crippen LogP contribution in [0.25, 0.3) is 0 Å². The number of anilines is 1. The van der Waals surface area contributed by atoms with Crippen molar-refractivity contribution in [2.75, 3.05) is 5.32 Å². The van der Waals surface area contributed by atoms with Gasteiger partial charge in [-0.15, -0.1) is 0 Å². The molecule has 0 aliphatic carbocycles. The zero-order valence-corrected chi connectivity index (χ0v) is 12.4. The number of benzene rings is 1. The lowest BCUT2D eigenvalue weighted by Gasteiger charge is -2.25. The molecule has 0 fully saturated rings. The van der Waals surface area contributed by atoms with Crippen LogP contribution in [0.5, 0.6) is 0 Å². The lowest BCUT2D eigenvalue weighted by molar-refractivity contribution is -0.131. The molecule has 0 radical (unpaired) electrons. The first-order chi connectivity index (χ1) is 10.4. The van der Waals surface area contributed by atoms with Crippen LogP contribution in [-0.2, 0) is 14.4 Å². The van der Waals surface area contributed by atoms with Gasteiger partial charge < -0.3 is 5.32 Å². The minimum atomic E-state index is -0.760. The molecule has 7 heteroatoms. The molecule has 0 bridgehead atoms. The van der Waals surface area contributed by atoms with Crippen LogP contribution in [0.15, 0.2) is 18.2 Å². The predicted molar refractivity (Wildman–Crippen MR) is 78.1 cm³/mol. The number of nitrogens with one attached hydrogen (secondary N) is 3. The largest absolute Gasteiger partial charge is 0.326 e. The van der Waals surface area contributed by atoms with E-state index < -0.39 is 17.6 Å². The Labute approximate surface area is 127 Å². The normalized spacial score (nSPS) is 16.7. The Balaban J connectivity index is 2.07. The second-order valence-electron chi connectivity index (χ2n) is 5.67. The molecule has 22 heavy (non-hydrogen) atoms. The van der Waals surface area contributed by atoms with E-state index in [-0.39, 0.29) is 36.3 Å². The zero-order chi connectivity index (χ0) is 16.3. The van der Waals surface area contributed by atoms with Crippen molar-refractivity contribution in [1.82, 2.24) is 10.9 Å². The second-order valence-corrected chi connectivity index (χ2v) is 5.67. The van der Waals surface area contributed by atoms with E-state index in [9.17, 15) is 18.8 Å². The number of halogens is 1. The van der Waals surface area contributed by atoms with E-state index >= 15 is 0 Å². The van der Waals surface area contributed by atoms with E-state index in [1.54, 1.807) is 0 Å². The standard InChI is InChI=1S/C15H18FN3O3/c1-8(2)5-14(21)18-19-15(22)11-7-13(20)17-12-6-9(16)3-4-10(11)12/h3-4,6,8,11H,5,7H2,1-2H3,(H,17,20)(H,18,21)(H,19,22). The molecule has 3 amide bonds. The molecule has 0 saturated heterocycles. The van der Waals surface area contributed by atoms with E-state index in [0.717, 1.165) is 0 Å². The Hall–Kier alpha value is -2.44. The molecule has 0 aromatic heterocycles. The molecule has 0 saturated carbocycles. The lowest BCUT2D eigenvalue weighted by Crippen LogP contribution is -2.45. The Morgan fingerprint density at radius 1 is 1.36 bits per heavy atom. The van der Waals surface area contributed by atoms with Gasteiger partial charge in [0.1, 0.15) is 5.82 Å². The van der Waals surface area contributed by atoms with Crippen molar-refractivity contribution in [1.29, 1.82) is 0 Å². The van der Waals surface area contributed by atoms with Gasteiger partial charge in [0.05, 0.1) is 5.92 Å². The van der Waals surface area contributed by atoms with Gasteiger partial charge in [0.2, 0.25) is 17.7 Å². The molecule has 2 rings (SSSR count). The number of rotatable bonds is 3. The summed E-state index contributed by atoms with van der Waals surface area (Å²) >= 11 is 0. The van der Waals surface area contributed by atoms with Gasteiger partial charge in [-0.05, 0) is 23.6 Å². The summed E-state index contributed by atoms with van der Waals surface area (Å²) in [5, 5.41) is 2.53. The van der Waals surface area contributed by atoms with Crippen LogP contribution in [0.1, 0.15) is 38.2 Å². The van der Waals surface area contributed by atoms with Crippen LogP contribution in [-0.4, -0.2) is 17.7 Å². The number of carbonyl (C=O) groups excluding carboxylic acids is 3. The average Bonchev–Trinajstić information content (AvgIpc) is 2.42. The number of fused-ring (bicyclic) bond motifs is 1. The Bertz CT molecular complexity index is 616. The van der Waals surface area contributed by atoms with E-state index in [4.69, 9.17) is 0 Å². The molecule has 1 atom stereocenters. The molecule has 0 spiro atoms. The Morgan fingerprint density at radius 2 is 2.09 bits per heavy atom. The minimum Gasteiger partial charge on any atom is -0.326 e. The van der Waals surface area contributed by atoms with Crippen LogP contribution < -0.4 is 16.2 Å². The van der Waals surface area contributed by atoms with E-state index in [1.165, 1.54) is 18.2 Å². The maximum Gasteiger partial charge on any atom is 0.246 e. The lowest BCUT2D eigenvalue weighted by atomic mass is 9.90. The van der Waals surface area contributed by atoms with Crippen molar-refractivity contribution in [2.45, 2.75) is 32.6 Å². The smallest absolute Gasteiger partial charge is 0.246 e. The van der Waals surface area contributed by atoms with Crippen molar-refractivity contribution in [3.8, 4) is 0 Å². The molecule has 1 aromatic carbocycles. The van der Waals surface area contributed by atoms with E-state index in [0.29, 0.717) is 5.56 Å². The van der Waals surface area contributed by atoms with Crippen LogP contribution in [0.3, 0.4) is 0 Å². The summed E-state index contributed by atoms with van der Waals surface area (Å²) in [6.45, 7) is 3.77. The van der Waals surface area contributed by atoms with Gasteiger partial charge in [-0.3, -0.25) is 25.2 Å². The van der Waals surface area contributed by atoms with Gasteiger partial charge in [0.15, 0.2) is 0 Å². The van der Waals surface area contributed by atoms with Crippen molar-refractivity contribution in [2.24, 2.45) is 5.92 Å². The molecule has 1 aliphatic heterocycles. The zero-order valence-electron chi connectivity index (χ0n) is 12.4. The molecule has 118 valence electrons. The number of hydrogen-bond donors (Lipinski definition) is 3. The summed E-state index contributed by atoms with van der Waals surface area (Å²) in [5.74, 6) is -2.26. The third-order valence-corrected chi connectivity index (χ3v) is 3.29.